The lowest BCUT2D eigenvalue weighted by atomic mass is 10.3. The highest BCUT2D eigenvalue weighted by Crippen LogP contribution is 2.17. The summed E-state index contributed by atoms with van der Waals surface area (Å²) >= 11 is 1.29. The van der Waals surface area contributed by atoms with Crippen LogP contribution in [0.25, 0.3) is 0 Å². The van der Waals surface area contributed by atoms with Gasteiger partial charge in [-0.25, -0.2) is 13.1 Å². The largest absolute Gasteiger partial charge is 0.370 e. The molecule has 9 heteroatoms. The Balaban J connectivity index is 2.58. The maximum Gasteiger partial charge on any atom is 0.270 e. The molecular formula is C10H12N4O3S2. The molecule has 0 radical (unpaired) electrons. The molecule has 4 N–H and O–H groups in total. The number of anilines is 1. The fourth-order valence-electron chi connectivity index (χ4n) is 1.11. The van der Waals surface area contributed by atoms with Crippen LogP contribution in [0.4, 0.5) is 5.69 Å². The molecule has 0 aliphatic rings. The number of hydrogen-bond acceptors (Lipinski definition) is 6. The van der Waals surface area contributed by atoms with Gasteiger partial charge >= 0.3 is 0 Å². The fourth-order valence-corrected chi connectivity index (χ4v) is 2.55. The minimum absolute atomic E-state index is 0.00161. The zero-order valence-corrected chi connectivity index (χ0v) is 11.4. The number of sulfonamides is 1. The van der Waals surface area contributed by atoms with Crippen molar-refractivity contribution >= 4 is 33.6 Å². The predicted octanol–water partition coefficient (Wildman–Crippen LogP) is 0.381. The quantitative estimate of drug-likeness (QED) is 0.289. The number of nitrogens with two attached hydrogens (primary N) is 1. The van der Waals surface area contributed by atoms with Crippen LogP contribution in [0.2, 0.25) is 0 Å². The van der Waals surface area contributed by atoms with Crippen molar-refractivity contribution in [2.24, 2.45) is 5.73 Å². The molecule has 0 fully saturated rings. The molecule has 0 saturated carbocycles. The number of hydrogen-bond donors (Lipinski definition) is 3. The number of nitriles is 1. The molecule has 0 aromatic heterocycles. The van der Waals surface area contributed by atoms with Crippen molar-refractivity contribution in [1.29, 1.82) is 5.26 Å². The first kappa shape index (κ1) is 15.1. The summed E-state index contributed by atoms with van der Waals surface area (Å²) in [5, 5.41) is 8.31. The van der Waals surface area contributed by atoms with Gasteiger partial charge in [-0.2, -0.15) is 5.26 Å². The summed E-state index contributed by atoms with van der Waals surface area (Å²) in [6.45, 7) is 0. The van der Waals surface area contributed by atoms with E-state index in [0.717, 1.165) is 0 Å². The molecule has 0 unspecified atom stereocenters. The van der Waals surface area contributed by atoms with Gasteiger partial charge in [-0.1, -0.05) is 11.9 Å². The van der Waals surface area contributed by atoms with Gasteiger partial charge in [0.2, 0.25) is 5.91 Å². The van der Waals surface area contributed by atoms with E-state index in [-0.39, 0.29) is 17.2 Å². The van der Waals surface area contributed by atoms with E-state index in [1.807, 2.05) is 0 Å². The van der Waals surface area contributed by atoms with Crippen molar-refractivity contribution in [2.75, 3.05) is 10.5 Å². The lowest BCUT2D eigenvalue weighted by molar-refractivity contribution is -0.117. The molecule has 0 atom stereocenters. The van der Waals surface area contributed by atoms with Crippen molar-refractivity contribution < 1.29 is 13.2 Å². The molecule has 7 nitrogen and oxygen atoms in total. The minimum atomic E-state index is -3.77. The lowest BCUT2D eigenvalue weighted by Crippen LogP contribution is -2.17. The molecular weight excluding hydrogens is 288 g/mol. The van der Waals surface area contributed by atoms with Crippen molar-refractivity contribution in [3.05, 3.63) is 24.3 Å². The molecule has 0 bridgehead atoms. The number of nitrogens with one attached hydrogen (secondary N) is 2. The van der Waals surface area contributed by atoms with Crippen molar-refractivity contribution in [1.82, 2.24) is 4.72 Å². The molecule has 0 heterocycles. The summed E-state index contributed by atoms with van der Waals surface area (Å²) in [6, 6.07) is 5.86. The van der Waals surface area contributed by atoms with E-state index in [9.17, 15) is 13.2 Å². The van der Waals surface area contributed by atoms with E-state index in [2.05, 4.69) is 4.72 Å². The Labute approximate surface area is 115 Å². The molecule has 1 amide bonds. The molecule has 1 rings (SSSR count). The topological polar surface area (TPSA) is 125 Å². The summed E-state index contributed by atoms with van der Waals surface area (Å²) in [5.41, 5.74) is 5.67. The molecule has 1 aromatic rings. The highest BCUT2D eigenvalue weighted by Gasteiger charge is 2.12. The number of nitrogens with zero attached hydrogens (tertiary/aromatic N) is 1. The van der Waals surface area contributed by atoms with E-state index in [0.29, 0.717) is 11.4 Å². The van der Waals surface area contributed by atoms with Crippen LogP contribution in [0.15, 0.2) is 29.2 Å². The van der Waals surface area contributed by atoms with Gasteiger partial charge in [0.15, 0.2) is 6.19 Å². The number of carbonyl (C=O) groups excluding carboxylic acids is 1. The second-order valence-electron chi connectivity index (χ2n) is 3.41. The second kappa shape index (κ2) is 6.86. The van der Waals surface area contributed by atoms with Crippen LogP contribution in [0.3, 0.4) is 0 Å². The maximum absolute atomic E-state index is 11.5. The third-order valence-electron chi connectivity index (χ3n) is 1.99. The Morgan fingerprint density at radius 1 is 1.37 bits per heavy atom. The Hall–Kier alpha value is -1.92. The lowest BCUT2D eigenvalue weighted by Gasteiger charge is -2.06. The van der Waals surface area contributed by atoms with Crippen molar-refractivity contribution in [3.63, 3.8) is 0 Å². The Morgan fingerprint density at radius 2 is 2.00 bits per heavy atom. The van der Waals surface area contributed by atoms with E-state index in [1.54, 1.807) is 16.9 Å². The summed E-state index contributed by atoms with van der Waals surface area (Å²) in [6.07, 6.45) is 1.63. The van der Waals surface area contributed by atoms with Gasteiger partial charge in [0.1, 0.15) is 0 Å². The normalized spacial score (nSPS) is 10.5. The van der Waals surface area contributed by atoms with Crippen LogP contribution in [-0.4, -0.2) is 20.1 Å². The molecule has 0 saturated heterocycles. The second-order valence-corrected chi connectivity index (χ2v) is 5.99. The van der Waals surface area contributed by atoms with Crippen LogP contribution in [-0.2, 0) is 14.8 Å². The molecule has 0 spiro atoms. The Kier molecular flexibility index (Phi) is 5.47. The zero-order valence-electron chi connectivity index (χ0n) is 9.79. The van der Waals surface area contributed by atoms with Gasteiger partial charge in [0.25, 0.3) is 10.0 Å². The van der Waals surface area contributed by atoms with Gasteiger partial charge in [-0.05, 0) is 24.3 Å². The number of carbonyl (C=O) groups is 1. The average molecular weight is 300 g/mol. The zero-order chi connectivity index (χ0) is 14.3. The van der Waals surface area contributed by atoms with Crippen LogP contribution >= 0.6 is 11.9 Å². The van der Waals surface area contributed by atoms with Gasteiger partial charge in [0, 0.05) is 17.9 Å². The van der Waals surface area contributed by atoms with Crippen molar-refractivity contribution in [3.8, 4) is 6.19 Å². The highest BCUT2D eigenvalue weighted by molar-refractivity contribution is 8.00. The fraction of sp³-hybridized carbons (Fsp3) is 0.200. The summed E-state index contributed by atoms with van der Waals surface area (Å²) in [4.78, 5) is 10.5. The first-order valence-corrected chi connectivity index (χ1v) is 7.59. The van der Waals surface area contributed by atoms with Crippen LogP contribution < -0.4 is 15.2 Å². The first-order valence-electron chi connectivity index (χ1n) is 5.13. The summed E-state index contributed by atoms with van der Waals surface area (Å²) < 4.78 is 27.6. The standard InChI is InChI=1S/C10H12N4O3S2/c11-7-13-19(16,17)9-3-1-8(2-4-9)14-18-6-5-10(12)15/h1-4,13-14H,5-6H2,(H2,12,15). The summed E-state index contributed by atoms with van der Waals surface area (Å²) in [7, 11) is -3.77. The Morgan fingerprint density at radius 3 is 2.53 bits per heavy atom. The van der Waals surface area contributed by atoms with Gasteiger partial charge < -0.3 is 10.5 Å². The van der Waals surface area contributed by atoms with Crippen LogP contribution in [0.5, 0.6) is 0 Å². The third kappa shape index (κ3) is 5.07. The van der Waals surface area contributed by atoms with Gasteiger partial charge in [0.05, 0.1) is 4.90 Å². The third-order valence-corrected chi connectivity index (χ3v) is 4.03. The molecule has 1 aromatic carbocycles. The maximum atomic E-state index is 11.5. The number of primary amides is 1. The average Bonchev–Trinajstić information content (AvgIpc) is 2.35. The molecule has 0 aliphatic carbocycles. The number of amides is 1. The highest BCUT2D eigenvalue weighted by atomic mass is 32.2. The molecule has 19 heavy (non-hydrogen) atoms. The monoisotopic (exact) mass is 300 g/mol. The number of rotatable bonds is 7. The molecule has 102 valence electrons. The van der Waals surface area contributed by atoms with E-state index < -0.39 is 10.0 Å². The predicted molar refractivity (Wildman–Crippen MR) is 72.3 cm³/mol. The number of benzene rings is 1. The van der Waals surface area contributed by atoms with Crippen molar-refractivity contribution in [2.45, 2.75) is 11.3 Å². The molecule has 0 aliphatic heterocycles. The summed E-state index contributed by atoms with van der Waals surface area (Å²) in [5.74, 6) is 0.143. The smallest absolute Gasteiger partial charge is 0.270 e. The first-order chi connectivity index (χ1) is 8.95. The van der Waals surface area contributed by atoms with E-state index >= 15 is 0 Å². The van der Waals surface area contributed by atoms with Gasteiger partial charge in [-0.15, -0.1) is 0 Å². The van der Waals surface area contributed by atoms with Gasteiger partial charge in [-0.3, -0.25) is 4.79 Å². The van der Waals surface area contributed by atoms with E-state index in [1.165, 1.54) is 30.3 Å². The van der Waals surface area contributed by atoms with Crippen LogP contribution in [0, 0.1) is 11.5 Å². The minimum Gasteiger partial charge on any atom is -0.370 e. The van der Waals surface area contributed by atoms with E-state index in [4.69, 9.17) is 11.0 Å². The SMILES string of the molecule is N#CNS(=O)(=O)c1ccc(NSCCC(N)=O)cc1. The Bertz CT molecular complexity index is 578. The van der Waals surface area contributed by atoms with Crippen LogP contribution in [0.1, 0.15) is 6.42 Å².